The summed E-state index contributed by atoms with van der Waals surface area (Å²) in [5.74, 6) is 1.63. The van der Waals surface area contributed by atoms with E-state index >= 15 is 0 Å². The largest absolute Gasteiger partial charge is 0.353 e. The van der Waals surface area contributed by atoms with Crippen molar-refractivity contribution in [2.45, 2.75) is 27.2 Å². The number of carbonyl (C=O) groups excluding carboxylic acids is 1. The van der Waals surface area contributed by atoms with Gasteiger partial charge in [-0.1, -0.05) is 29.8 Å². The Morgan fingerprint density at radius 2 is 1.58 bits per heavy atom. The number of non-ortho nitro benzene ring substituents is 1. The zero-order valence-corrected chi connectivity index (χ0v) is 19.1. The summed E-state index contributed by atoms with van der Waals surface area (Å²) in [5.41, 5.74) is 4.78. The first-order valence-corrected chi connectivity index (χ1v) is 11.0. The molecule has 3 aromatic rings. The molecule has 0 bridgehead atoms. The standard InChI is InChI=1S/C25H27N5O3/c1-17-4-8-21(9-5-17)25(31)29-14-12-28(13-15-29)24-23(18(2)26-19(3)27-24)16-20-6-10-22(11-7-20)30(32)33/h4-11H,12-16H2,1-3H3. The van der Waals surface area contributed by atoms with Crippen LogP contribution in [-0.2, 0) is 6.42 Å². The molecule has 1 aliphatic heterocycles. The topological polar surface area (TPSA) is 92.5 Å². The van der Waals surface area contributed by atoms with Crippen LogP contribution >= 0.6 is 0 Å². The summed E-state index contributed by atoms with van der Waals surface area (Å²) in [6, 6.07) is 14.3. The van der Waals surface area contributed by atoms with Gasteiger partial charge >= 0.3 is 0 Å². The summed E-state index contributed by atoms with van der Waals surface area (Å²) in [5, 5.41) is 11.0. The second-order valence-corrected chi connectivity index (χ2v) is 8.40. The van der Waals surface area contributed by atoms with Crippen molar-refractivity contribution in [1.29, 1.82) is 0 Å². The van der Waals surface area contributed by atoms with Gasteiger partial charge in [0.2, 0.25) is 0 Å². The van der Waals surface area contributed by atoms with Gasteiger partial charge in [-0.3, -0.25) is 14.9 Å². The Balaban J connectivity index is 1.51. The van der Waals surface area contributed by atoms with Crippen molar-refractivity contribution in [3.8, 4) is 0 Å². The predicted octanol–water partition coefficient (Wildman–Crippen LogP) is 3.86. The van der Waals surface area contributed by atoms with E-state index in [0.717, 1.165) is 28.2 Å². The molecule has 0 spiro atoms. The molecule has 0 radical (unpaired) electrons. The average Bonchev–Trinajstić information content (AvgIpc) is 2.81. The van der Waals surface area contributed by atoms with Crippen LogP contribution in [0.4, 0.5) is 11.5 Å². The Morgan fingerprint density at radius 1 is 0.939 bits per heavy atom. The number of hydrogen-bond donors (Lipinski definition) is 0. The summed E-state index contributed by atoms with van der Waals surface area (Å²) in [6.45, 7) is 8.45. The number of nitro groups is 1. The van der Waals surface area contributed by atoms with E-state index < -0.39 is 4.92 Å². The van der Waals surface area contributed by atoms with Crippen LogP contribution in [0.5, 0.6) is 0 Å². The Morgan fingerprint density at radius 3 is 2.18 bits per heavy atom. The van der Waals surface area contributed by atoms with E-state index in [9.17, 15) is 14.9 Å². The number of nitro benzene ring substituents is 1. The van der Waals surface area contributed by atoms with Crippen molar-refractivity contribution < 1.29 is 9.72 Å². The Bertz CT molecular complexity index is 1170. The molecule has 1 aliphatic rings. The van der Waals surface area contributed by atoms with Gasteiger partial charge in [0.1, 0.15) is 11.6 Å². The van der Waals surface area contributed by atoms with Crippen LogP contribution in [0.25, 0.3) is 0 Å². The molecule has 8 nitrogen and oxygen atoms in total. The molecule has 170 valence electrons. The van der Waals surface area contributed by atoms with Gasteiger partial charge in [0.15, 0.2) is 0 Å². The minimum atomic E-state index is -0.396. The molecule has 0 saturated carbocycles. The van der Waals surface area contributed by atoms with E-state index in [2.05, 4.69) is 9.88 Å². The van der Waals surface area contributed by atoms with Crippen molar-refractivity contribution in [3.05, 3.63) is 92.4 Å². The fourth-order valence-corrected chi connectivity index (χ4v) is 4.13. The maximum atomic E-state index is 12.9. The molecule has 0 atom stereocenters. The van der Waals surface area contributed by atoms with Crippen LogP contribution in [0.2, 0.25) is 0 Å². The Labute approximate surface area is 193 Å². The maximum absolute atomic E-state index is 12.9. The first kappa shape index (κ1) is 22.4. The third kappa shape index (κ3) is 5.00. The first-order chi connectivity index (χ1) is 15.8. The molecule has 0 unspecified atom stereocenters. The molecule has 4 rings (SSSR count). The number of amides is 1. The van der Waals surface area contributed by atoms with E-state index in [4.69, 9.17) is 4.98 Å². The monoisotopic (exact) mass is 445 g/mol. The highest BCUT2D eigenvalue weighted by Gasteiger charge is 2.25. The first-order valence-electron chi connectivity index (χ1n) is 11.0. The number of aryl methyl sites for hydroxylation is 3. The number of benzene rings is 2. The number of rotatable bonds is 5. The molecular weight excluding hydrogens is 418 g/mol. The van der Waals surface area contributed by atoms with Gasteiger partial charge in [0.25, 0.3) is 11.6 Å². The van der Waals surface area contributed by atoms with Crippen LogP contribution in [0.3, 0.4) is 0 Å². The van der Waals surface area contributed by atoms with Crippen LogP contribution in [0.15, 0.2) is 48.5 Å². The van der Waals surface area contributed by atoms with Gasteiger partial charge in [0, 0.05) is 61.6 Å². The zero-order valence-electron chi connectivity index (χ0n) is 19.1. The number of piperazine rings is 1. The number of nitrogens with zero attached hydrogens (tertiary/aromatic N) is 5. The fourth-order valence-electron chi connectivity index (χ4n) is 4.13. The highest BCUT2D eigenvalue weighted by molar-refractivity contribution is 5.94. The lowest BCUT2D eigenvalue weighted by molar-refractivity contribution is -0.384. The number of hydrogen-bond acceptors (Lipinski definition) is 6. The fraction of sp³-hybridized carbons (Fsp3) is 0.320. The third-order valence-corrected chi connectivity index (χ3v) is 6.00. The summed E-state index contributed by atoms with van der Waals surface area (Å²) < 4.78 is 0. The normalized spacial score (nSPS) is 13.8. The molecule has 0 N–H and O–H groups in total. The summed E-state index contributed by atoms with van der Waals surface area (Å²) >= 11 is 0. The summed E-state index contributed by atoms with van der Waals surface area (Å²) in [4.78, 5) is 36.8. The third-order valence-electron chi connectivity index (χ3n) is 6.00. The van der Waals surface area contributed by atoms with Crippen LogP contribution in [0.1, 0.15) is 38.6 Å². The van der Waals surface area contributed by atoms with Crippen molar-refractivity contribution in [1.82, 2.24) is 14.9 Å². The van der Waals surface area contributed by atoms with E-state index in [-0.39, 0.29) is 11.6 Å². The second kappa shape index (κ2) is 9.36. The van der Waals surface area contributed by atoms with E-state index in [1.807, 2.05) is 49.9 Å². The minimum Gasteiger partial charge on any atom is -0.353 e. The molecule has 2 aromatic carbocycles. The van der Waals surface area contributed by atoms with Crippen molar-refractivity contribution in [2.75, 3.05) is 31.1 Å². The highest BCUT2D eigenvalue weighted by Crippen LogP contribution is 2.26. The highest BCUT2D eigenvalue weighted by atomic mass is 16.6. The molecule has 1 fully saturated rings. The van der Waals surface area contributed by atoms with E-state index in [1.165, 1.54) is 12.1 Å². The molecule has 0 aliphatic carbocycles. The van der Waals surface area contributed by atoms with E-state index in [1.54, 1.807) is 12.1 Å². The predicted molar refractivity (Wildman–Crippen MR) is 127 cm³/mol. The van der Waals surface area contributed by atoms with Gasteiger partial charge in [0.05, 0.1) is 4.92 Å². The molecule has 8 heteroatoms. The maximum Gasteiger partial charge on any atom is 0.269 e. The van der Waals surface area contributed by atoms with Crippen molar-refractivity contribution in [2.24, 2.45) is 0 Å². The minimum absolute atomic E-state index is 0.0517. The van der Waals surface area contributed by atoms with Crippen molar-refractivity contribution in [3.63, 3.8) is 0 Å². The van der Waals surface area contributed by atoms with Gasteiger partial charge in [-0.25, -0.2) is 9.97 Å². The van der Waals surface area contributed by atoms with Gasteiger partial charge in [-0.2, -0.15) is 0 Å². The summed E-state index contributed by atoms with van der Waals surface area (Å²) in [7, 11) is 0. The van der Waals surface area contributed by atoms with Gasteiger partial charge in [-0.15, -0.1) is 0 Å². The zero-order chi connectivity index (χ0) is 23.5. The van der Waals surface area contributed by atoms with Crippen LogP contribution < -0.4 is 4.90 Å². The number of aromatic nitrogens is 2. The average molecular weight is 446 g/mol. The Kier molecular flexibility index (Phi) is 6.35. The lowest BCUT2D eigenvalue weighted by Gasteiger charge is -2.36. The Hall–Kier alpha value is -3.81. The van der Waals surface area contributed by atoms with Crippen molar-refractivity contribution >= 4 is 17.4 Å². The molecule has 1 saturated heterocycles. The van der Waals surface area contributed by atoms with E-state index in [0.29, 0.717) is 44.0 Å². The van der Waals surface area contributed by atoms with Crippen LogP contribution in [-0.4, -0.2) is 51.9 Å². The molecule has 1 amide bonds. The SMILES string of the molecule is Cc1ccc(C(=O)N2CCN(c3nc(C)nc(C)c3Cc3ccc([N+](=O)[O-])cc3)CC2)cc1. The van der Waals surface area contributed by atoms with Crippen LogP contribution in [0, 0.1) is 30.9 Å². The molecule has 1 aromatic heterocycles. The quantitative estimate of drug-likeness (QED) is 0.437. The molecule has 33 heavy (non-hydrogen) atoms. The lowest BCUT2D eigenvalue weighted by Crippen LogP contribution is -2.49. The number of carbonyl (C=O) groups is 1. The smallest absolute Gasteiger partial charge is 0.269 e. The summed E-state index contributed by atoms with van der Waals surface area (Å²) in [6.07, 6.45) is 0.585. The lowest BCUT2D eigenvalue weighted by atomic mass is 10.0. The molecule has 2 heterocycles. The number of anilines is 1. The second-order valence-electron chi connectivity index (χ2n) is 8.40. The van der Waals surface area contributed by atoms with Gasteiger partial charge < -0.3 is 9.80 Å². The molecular formula is C25H27N5O3. The van der Waals surface area contributed by atoms with Gasteiger partial charge in [-0.05, 0) is 38.5 Å².